The Morgan fingerprint density at radius 2 is 1.81 bits per heavy atom. The van der Waals surface area contributed by atoms with E-state index in [1.807, 2.05) is 58.0 Å². The molecular formula is C20H31NO5. The van der Waals surface area contributed by atoms with Crippen molar-refractivity contribution in [2.45, 2.75) is 65.0 Å². The van der Waals surface area contributed by atoms with Gasteiger partial charge in [-0.15, -0.1) is 5.06 Å². The number of benzene rings is 1. The van der Waals surface area contributed by atoms with Crippen molar-refractivity contribution in [3.63, 3.8) is 0 Å². The highest BCUT2D eigenvalue weighted by Crippen LogP contribution is 2.28. The molecule has 0 aliphatic carbocycles. The molecule has 0 bridgehead atoms. The fraction of sp³-hybridized carbons (Fsp3) is 0.650. The maximum absolute atomic E-state index is 12.0. The molecule has 26 heavy (non-hydrogen) atoms. The van der Waals surface area contributed by atoms with E-state index in [0.717, 1.165) is 5.56 Å². The summed E-state index contributed by atoms with van der Waals surface area (Å²) in [6.45, 7) is 8.93. The second kappa shape index (κ2) is 9.46. The van der Waals surface area contributed by atoms with E-state index < -0.39 is 24.2 Å². The summed E-state index contributed by atoms with van der Waals surface area (Å²) in [5.41, 5.74) is 1.07. The molecule has 0 aromatic heterocycles. The fourth-order valence-corrected chi connectivity index (χ4v) is 3.20. The minimum absolute atomic E-state index is 0.135. The summed E-state index contributed by atoms with van der Waals surface area (Å²) in [6.07, 6.45) is -2.07. The van der Waals surface area contributed by atoms with Gasteiger partial charge in [0.25, 0.3) is 0 Å². The molecule has 1 aliphatic rings. The summed E-state index contributed by atoms with van der Waals surface area (Å²) < 4.78 is 5.87. The molecule has 0 amide bonds. The number of rotatable bonds is 8. The Balaban J connectivity index is 2.09. The van der Waals surface area contributed by atoms with Crippen molar-refractivity contribution < 1.29 is 24.6 Å². The van der Waals surface area contributed by atoms with Crippen LogP contribution in [0.25, 0.3) is 0 Å². The lowest BCUT2D eigenvalue weighted by Gasteiger charge is -2.44. The lowest BCUT2D eigenvalue weighted by molar-refractivity contribution is -0.277. The van der Waals surface area contributed by atoms with Gasteiger partial charge in [-0.05, 0) is 23.8 Å². The van der Waals surface area contributed by atoms with Crippen molar-refractivity contribution in [1.29, 1.82) is 0 Å². The zero-order chi connectivity index (χ0) is 19.3. The summed E-state index contributed by atoms with van der Waals surface area (Å²) in [5, 5.41) is 21.9. The van der Waals surface area contributed by atoms with Crippen molar-refractivity contribution in [2.75, 3.05) is 6.61 Å². The van der Waals surface area contributed by atoms with Crippen LogP contribution < -0.4 is 0 Å². The normalized spacial score (nSPS) is 25.5. The van der Waals surface area contributed by atoms with E-state index in [0.29, 0.717) is 19.6 Å². The van der Waals surface area contributed by atoms with Gasteiger partial charge < -0.3 is 19.8 Å². The molecule has 0 spiro atoms. The molecule has 0 unspecified atom stereocenters. The summed E-state index contributed by atoms with van der Waals surface area (Å²) in [4.78, 5) is 17.4. The van der Waals surface area contributed by atoms with Gasteiger partial charge in [-0.2, -0.15) is 0 Å². The third-order valence-electron chi connectivity index (χ3n) is 4.69. The number of aliphatic hydroxyl groups excluding tert-OH is 2. The summed E-state index contributed by atoms with van der Waals surface area (Å²) in [5.74, 6) is -0.402. The molecule has 6 nitrogen and oxygen atoms in total. The van der Waals surface area contributed by atoms with Gasteiger partial charge in [-0.25, -0.2) is 4.79 Å². The van der Waals surface area contributed by atoms with E-state index in [-0.39, 0.29) is 17.9 Å². The van der Waals surface area contributed by atoms with E-state index >= 15 is 0 Å². The lowest BCUT2D eigenvalue weighted by atomic mass is 9.92. The minimum Gasteiger partial charge on any atom is -0.388 e. The molecule has 2 rings (SSSR count). The Morgan fingerprint density at radius 3 is 2.38 bits per heavy atom. The quantitative estimate of drug-likeness (QED) is 0.735. The Morgan fingerprint density at radius 1 is 1.15 bits per heavy atom. The van der Waals surface area contributed by atoms with Crippen LogP contribution in [-0.4, -0.2) is 52.1 Å². The number of hydrogen-bond donors (Lipinski definition) is 2. The zero-order valence-electron chi connectivity index (χ0n) is 16.0. The van der Waals surface area contributed by atoms with Crippen LogP contribution >= 0.6 is 0 Å². The van der Waals surface area contributed by atoms with Gasteiger partial charge in [0.15, 0.2) is 6.10 Å². The second-order valence-electron chi connectivity index (χ2n) is 7.71. The largest absolute Gasteiger partial charge is 0.388 e. The monoisotopic (exact) mass is 365 g/mol. The topological polar surface area (TPSA) is 79.2 Å². The van der Waals surface area contributed by atoms with Crippen LogP contribution in [0.4, 0.5) is 0 Å². The van der Waals surface area contributed by atoms with Crippen LogP contribution in [0.2, 0.25) is 0 Å². The van der Waals surface area contributed by atoms with Crippen LogP contribution in [0, 0.1) is 11.8 Å². The van der Waals surface area contributed by atoms with Gasteiger partial charge in [0.2, 0.25) is 0 Å². The molecule has 0 saturated carbocycles. The van der Waals surface area contributed by atoms with Crippen LogP contribution in [0.1, 0.15) is 39.7 Å². The van der Waals surface area contributed by atoms with Crippen molar-refractivity contribution >= 4 is 5.97 Å². The lowest BCUT2D eigenvalue weighted by Crippen LogP contribution is -2.62. The van der Waals surface area contributed by atoms with Gasteiger partial charge in [0.05, 0.1) is 25.3 Å². The molecule has 1 aliphatic heterocycles. The van der Waals surface area contributed by atoms with Crippen LogP contribution in [-0.2, 0) is 21.0 Å². The molecule has 1 heterocycles. The number of aliphatic hydroxyl groups is 2. The summed E-state index contributed by atoms with van der Waals surface area (Å²) in [7, 11) is 0. The molecule has 0 radical (unpaired) electrons. The third-order valence-corrected chi connectivity index (χ3v) is 4.69. The Bertz CT molecular complexity index is 563. The molecule has 1 aromatic carbocycles. The number of carbonyl (C=O) groups excluding carboxylic acids is 1. The maximum Gasteiger partial charge on any atom is 0.356 e. The molecule has 146 valence electrons. The van der Waals surface area contributed by atoms with Gasteiger partial charge in [-0.1, -0.05) is 58.0 Å². The minimum atomic E-state index is -1.51. The number of ether oxygens (including phenoxy) is 1. The number of nitrogens with zero attached hydrogens (tertiary/aromatic N) is 1. The molecule has 1 aromatic rings. The predicted octanol–water partition coefficient (Wildman–Crippen LogP) is 2.14. The number of carbonyl (C=O) groups is 1. The summed E-state index contributed by atoms with van der Waals surface area (Å²) in [6, 6.07) is 9.18. The first kappa shape index (κ1) is 20.8. The highest BCUT2D eigenvalue weighted by molar-refractivity contribution is 5.75. The first-order valence-electron chi connectivity index (χ1n) is 9.29. The Kier molecular flexibility index (Phi) is 7.58. The maximum atomic E-state index is 12.0. The van der Waals surface area contributed by atoms with Crippen molar-refractivity contribution in [1.82, 2.24) is 5.06 Å². The SMILES string of the molecule is CC(C)C[C@H]1[C@H](O)[C@H](O)C(=O)ON1[C@@H](COCc1ccccc1)C(C)C. The van der Waals surface area contributed by atoms with Crippen LogP contribution in [0.15, 0.2) is 30.3 Å². The van der Waals surface area contributed by atoms with Gasteiger partial charge in [0, 0.05) is 0 Å². The average molecular weight is 365 g/mol. The Hall–Kier alpha value is -1.47. The summed E-state index contributed by atoms with van der Waals surface area (Å²) >= 11 is 0. The van der Waals surface area contributed by atoms with Crippen molar-refractivity contribution in [3.05, 3.63) is 35.9 Å². The molecule has 4 atom stereocenters. The molecule has 1 saturated heterocycles. The highest BCUT2D eigenvalue weighted by atomic mass is 16.7. The number of hydrogen-bond acceptors (Lipinski definition) is 6. The third kappa shape index (κ3) is 5.27. The highest BCUT2D eigenvalue weighted by Gasteiger charge is 2.46. The average Bonchev–Trinajstić information content (AvgIpc) is 2.60. The zero-order valence-corrected chi connectivity index (χ0v) is 16.0. The fourth-order valence-electron chi connectivity index (χ4n) is 3.20. The van der Waals surface area contributed by atoms with Gasteiger partial charge >= 0.3 is 5.97 Å². The second-order valence-corrected chi connectivity index (χ2v) is 7.71. The van der Waals surface area contributed by atoms with E-state index in [4.69, 9.17) is 9.57 Å². The van der Waals surface area contributed by atoms with Gasteiger partial charge in [-0.3, -0.25) is 0 Å². The van der Waals surface area contributed by atoms with E-state index in [1.165, 1.54) is 0 Å². The Labute approximate surface area is 155 Å². The van der Waals surface area contributed by atoms with Crippen LogP contribution in [0.5, 0.6) is 0 Å². The molecule has 2 N–H and O–H groups in total. The van der Waals surface area contributed by atoms with Gasteiger partial charge in [0.1, 0.15) is 6.10 Å². The molecule has 6 heteroatoms. The molecular weight excluding hydrogens is 334 g/mol. The smallest absolute Gasteiger partial charge is 0.356 e. The van der Waals surface area contributed by atoms with Crippen molar-refractivity contribution in [3.8, 4) is 0 Å². The van der Waals surface area contributed by atoms with E-state index in [2.05, 4.69) is 0 Å². The molecule has 1 fully saturated rings. The van der Waals surface area contributed by atoms with Crippen LogP contribution in [0.3, 0.4) is 0 Å². The van der Waals surface area contributed by atoms with Crippen molar-refractivity contribution in [2.24, 2.45) is 11.8 Å². The first-order valence-corrected chi connectivity index (χ1v) is 9.29. The van der Waals surface area contributed by atoms with E-state index in [9.17, 15) is 15.0 Å². The first-order chi connectivity index (χ1) is 12.3. The standard InChI is InChI=1S/C20H31NO5/c1-13(2)10-16-18(22)19(23)20(24)26-21(16)17(14(3)4)12-25-11-15-8-6-5-7-9-15/h5-9,13-14,16-19,22-23H,10-12H2,1-4H3/t16-,17-,18-,19-/m0/s1. The predicted molar refractivity (Wildman–Crippen MR) is 97.9 cm³/mol. The van der Waals surface area contributed by atoms with E-state index in [1.54, 1.807) is 5.06 Å². The number of hydroxylamine groups is 2.